The average molecular weight is 402 g/mol. The summed E-state index contributed by atoms with van der Waals surface area (Å²) < 4.78 is 10.3. The number of ether oxygens (including phenoxy) is 2. The fourth-order valence-electron chi connectivity index (χ4n) is 3.26. The third kappa shape index (κ3) is 3.69. The third-order valence-electron chi connectivity index (χ3n) is 4.47. The molecule has 1 saturated heterocycles. The highest BCUT2D eigenvalue weighted by Crippen LogP contribution is 2.44. The second-order valence-corrected chi connectivity index (χ2v) is 7.57. The molecule has 148 valence electrons. The van der Waals surface area contributed by atoms with Crippen LogP contribution in [0.25, 0.3) is 0 Å². The predicted molar refractivity (Wildman–Crippen MR) is 106 cm³/mol. The molecule has 0 bridgehead atoms. The van der Waals surface area contributed by atoms with Crippen LogP contribution in [0.15, 0.2) is 40.5 Å². The first-order chi connectivity index (χ1) is 13.4. The topological polar surface area (TPSA) is 85.3 Å². The molecule has 1 fully saturated rings. The zero-order valence-electron chi connectivity index (χ0n) is 16.2. The predicted octanol–water partition coefficient (Wildman–Crippen LogP) is 3.21. The largest absolute Gasteiger partial charge is 0.463 e. The Kier molecular flexibility index (Phi) is 5.88. The fourth-order valence-corrected chi connectivity index (χ4v) is 4.39. The quantitative estimate of drug-likeness (QED) is 0.555. The van der Waals surface area contributed by atoms with Crippen LogP contribution in [-0.4, -0.2) is 39.8 Å². The molecule has 2 atom stereocenters. The first kappa shape index (κ1) is 20.1. The van der Waals surface area contributed by atoms with Crippen molar-refractivity contribution in [1.29, 1.82) is 0 Å². The standard InChI is InChI=1S/C20H22N2O5S/c1-5-15-18(24)22-17(13-7-9-14(10-8-13)27-12(4)23)16(19(25)26-6-2)11(3)21-20(22)28-15/h7-10,15,17H,5-6H2,1-4H3. The van der Waals surface area contributed by atoms with E-state index in [9.17, 15) is 14.4 Å². The van der Waals surface area contributed by atoms with Crippen molar-refractivity contribution in [1.82, 2.24) is 4.90 Å². The van der Waals surface area contributed by atoms with Crippen molar-refractivity contribution in [3.05, 3.63) is 41.1 Å². The van der Waals surface area contributed by atoms with Gasteiger partial charge in [0.1, 0.15) is 5.75 Å². The number of amidine groups is 1. The molecule has 7 nitrogen and oxygen atoms in total. The Morgan fingerprint density at radius 3 is 2.46 bits per heavy atom. The van der Waals surface area contributed by atoms with E-state index in [1.165, 1.54) is 18.7 Å². The van der Waals surface area contributed by atoms with E-state index in [2.05, 4.69) is 4.99 Å². The molecule has 0 N–H and O–H groups in total. The first-order valence-corrected chi connectivity index (χ1v) is 10.00. The minimum absolute atomic E-state index is 0.0744. The number of hydrogen-bond acceptors (Lipinski definition) is 7. The minimum atomic E-state index is -0.630. The van der Waals surface area contributed by atoms with Crippen molar-refractivity contribution in [2.75, 3.05) is 6.61 Å². The van der Waals surface area contributed by atoms with Crippen LogP contribution in [0.1, 0.15) is 45.7 Å². The second kappa shape index (κ2) is 8.18. The molecule has 0 aromatic heterocycles. The van der Waals surface area contributed by atoms with Gasteiger partial charge in [0.25, 0.3) is 0 Å². The van der Waals surface area contributed by atoms with Gasteiger partial charge >= 0.3 is 11.9 Å². The number of fused-ring (bicyclic) bond motifs is 1. The molecule has 1 aromatic carbocycles. The van der Waals surface area contributed by atoms with Crippen LogP contribution >= 0.6 is 11.8 Å². The zero-order valence-corrected chi connectivity index (χ0v) is 17.0. The second-order valence-electron chi connectivity index (χ2n) is 6.40. The smallest absolute Gasteiger partial charge is 0.338 e. The number of thioether (sulfide) groups is 1. The van der Waals surface area contributed by atoms with E-state index < -0.39 is 18.0 Å². The van der Waals surface area contributed by atoms with Crippen molar-refractivity contribution >= 4 is 34.8 Å². The Bertz CT molecular complexity index is 875. The maximum absolute atomic E-state index is 13.0. The van der Waals surface area contributed by atoms with Crippen LogP contribution in [0.3, 0.4) is 0 Å². The molecule has 2 aliphatic heterocycles. The van der Waals surface area contributed by atoms with Crippen LogP contribution in [0.5, 0.6) is 5.75 Å². The average Bonchev–Trinajstić information content (AvgIpc) is 2.96. The highest BCUT2D eigenvalue weighted by atomic mass is 32.2. The number of aliphatic imine (C=N–C) groups is 1. The Hall–Kier alpha value is -2.61. The van der Waals surface area contributed by atoms with Gasteiger partial charge in [-0.15, -0.1) is 0 Å². The molecule has 0 radical (unpaired) electrons. The van der Waals surface area contributed by atoms with Gasteiger partial charge in [0.15, 0.2) is 5.17 Å². The molecular weight excluding hydrogens is 380 g/mol. The number of benzene rings is 1. The molecule has 2 aliphatic rings. The molecular formula is C20H22N2O5S. The number of esters is 2. The minimum Gasteiger partial charge on any atom is -0.463 e. The number of amides is 1. The van der Waals surface area contributed by atoms with Gasteiger partial charge < -0.3 is 9.47 Å². The van der Waals surface area contributed by atoms with E-state index in [1.807, 2.05) is 6.92 Å². The van der Waals surface area contributed by atoms with Crippen molar-refractivity contribution in [3.63, 3.8) is 0 Å². The van der Waals surface area contributed by atoms with Gasteiger partial charge in [-0.1, -0.05) is 30.8 Å². The number of carbonyl (C=O) groups is 3. The monoisotopic (exact) mass is 402 g/mol. The van der Waals surface area contributed by atoms with Gasteiger partial charge in [0, 0.05) is 6.92 Å². The van der Waals surface area contributed by atoms with Crippen LogP contribution < -0.4 is 4.74 Å². The van der Waals surface area contributed by atoms with E-state index in [-0.39, 0.29) is 17.8 Å². The molecule has 0 saturated carbocycles. The lowest BCUT2D eigenvalue weighted by Crippen LogP contribution is -2.40. The van der Waals surface area contributed by atoms with E-state index in [1.54, 1.807) is 43.0 Å². The fraction of sp³-hybridized carbons (Fsp3) is 0.400. The number of carbonyl (C=O) groups excluding carboxylic acids is 3. The van der Waals surface area contributed by atoms with Gasteiger partial charge in [0.2, 0.25) is 5.91 Å². The number of hydrogen-bond donors (Lipinski definition) is 0. The summed E-state index contributed by atoms with van der Waals surface area (Å²) in [7, 11) is 0. The van der Waals surface area contributed by atoms with E-state index in [0.717, 1.165) is 5.56 Å². The maximum Gasteiger partial charge on any atom is 0.338 e. The van der Waals surface area contributed by atoms with Crippen molar-refractivity contribution < 1.29 is 23.9 Å². The van der Waals surface area contributed by atoms with E-state index in [0.29, 0.717) is 28.6 Å². The summed E-state index contributed by atoms with van der Waals surface area (Å²) in [5.74, 6) is -0.586. The molecule has 8 heteroatoms. The van der Waals surface area contributed by atoms with Crippen LogP contribution in [0.4, 0.5) is 0 Å². The summed E-state index contributed by atoms with van der Waals surface area (Å²) in [6, 6.07) is 6.15. The van der Waals surface area contributed by atoms with Crippen LogP contribution in [0, 0.1) is 0 Å². The normalized spacial score (nSPS) is 21.4. The summed E-state index contributed by atoms with van der Waals surface area (Å²) >= 11 is 1.41. The zero-order chi connectivity index (χ0) is 20.4. The van der Waals surface area contributed by atoms with Gasteiger partial charge in [-0.05, 0) is 38.0 Å². The van der Waals surface area contributed by atoms with Gasteiger partial charge in [-0.25, -0.2) is 9.79 Å². The van der Waals surface area contributed by atoms with Crippen molar-refractivity contribution in [2.24, 2.45) is 4.99 Å². The molecule has 3 rings (SSSR count). The lowest BCUT2D eigenvalue weighted by Gasteiger charge is -2.33. The molecule has 1 amide bonds. The summed E-state index contributed by atoms with van der Waals surface area (Å²) in [6.45, 7) is 6.99. The van der Waals surface area contributed by atoms with Crippen molar-refractivity contribution in [3.8, 4) is 5.75 Å². The lowest BCUT2D eigenvalue weighted by atomic mass is 9.94. The number of allylic oxidation sites excluding steroid dienone is 1. The van der Waals surface area contributed by atoms with E-state index in [4.69, 9.17) is 9.47 Å². The van der Waals surface area contributed by atoms with Gasteiger partial charge in [0.05, 0.1) is 29.2 Å². The summed E-state index contributed by atoms with van der Waals surface area (Å²) in [5.41, 5.74) is 1.60. The highest BCUT2D eigenvalue weighted by molar-refractivity contribution is 8.15. The molecule has 2 heterocycles. The van der Waals surface area contributed by atoms with E-state index >= 15 is 0 Å². The first-order valence-electron chi connectivity index (χ1n) is 9.12. The van der Waals surface area contributed by atoms with Gasteiger partial charge in [-0.3, -0.25) is 14.5 Å². The number of nitrogens with zero attached hydrogens (tertiary/aromatic N) is 2. The molecule has 2 unspecified atom stereocenters. The Morgan fingerprint density at radius 1 is 1.21 bits per heavy atom. The Labute approximate surface area is 167 Å². The summed E-state index contributed by atoms with van der Waals surface area (Å²) in [5, 5.41) is 0.368. The highest BCUT2D eigenvalue weighted by Gasteiger charge is 2.47. The molecule has 0 aliphatic carbocycles. The Morgan fingerprint density at radius 2 is 1.89 bits per heavy atom. The van der Waals surface area contributed by atoms with Crippen LogP contribution in [0.2, 0.25) is 0 Å². The Balaban J connectivity index is 2.06. The lowest BCUT2D eigenvalue weighted by molar-refractivity contribution is -0.139. The molecule has 28 heavy (non-hydrogen) atoms. The third-order valence-corrected chi connectivity index (χ3v) is 5.79. The maximum atomic E-state index is 13.0. The summed E-state index contributed by atoms with van der Waals surface area (Å²) in [6.07, 6.45) is 0.672. The molecule has 0 spiro atoms. The van der Waals surface area contributed by atoms with Crippen molar-refractivity contribution in [2.45, 2.75) is 45.4 Å². The van der Waals surface area contributed by atoms with Crippen LogP contribution in [-0.2, 0) is 19.1 Å². The number of rotatable bonds is 5. The summed E-state index contributed by atoms with van der Waals surface area (Å²) in [4.78, 5) is 42.9. The SMILES string of the molecule is CCOC(=O)C1=C(C)N=C2SC(CC)C(=O)N2C1c1ccc(OC(C)=O)cc1. The molecule has 1 aromatic rings. The van der Waals surface area contributed by atoms with Gasteiger partial charge in [-0.2, -0.15) is 0 Å².